The Hall–Kier alpha value is -4.51. The van der Waals surface area contributed by atoms with Crippen molar-refractivity contribution in [2.45, 2.75) is 6.04 Å². The molecule has 5 nitrogen and oxygen atoms in total. The Kier molecular flexibility index (Phi) is 4.05. The van der Waals surface area contributed by atoms with E-state index in [4.69, 9.17) is 4.98 Å². The highest BCUT2D eigenvalue weighted by Crippen LogP contribution is 2.50. The molecular formula is C29H21N5. The van der Waals surface area contributed by atoms with Gasteiger partial charge in [0, 0.05) is 36.1 Å². The van der Waals surface area contributed by atoms with Crippen molar-refractivity contribution in [2.75, 3.05) is 11.9 Å². The summed E-state index contributed by atoms with van der Waals surface area (Å²) in [6.07, 6.45) is 5.46. The van der Waals surface area contributed by atoms with Gasteiger partial charge in [-0.05, 0) is 52.6 Å². The Bertz CT molecular complexity index is 1660. The molecule has 0 radical (unpaired) electrons. The largest absolute Gasteiger partial charge is 0.363 e. The number of hydrogen-bond donors (Lipinski definition) is 1. The zero-order valence-electron chi connectivity index (χ0n) is 18.6. The van der Waals surface area contributed by atoms with Gasteiger partial charge in [0.2, 0.25) is 0 Å². The first-order valence-electron chi connectivity index (χ1n) is 11.4. The molecule has 0 spiro atoms. The number of fused-ring (bicyclic) bond motifs is 5. The number of anilines is 1. The lowest BCUT2D eigenvalue weighted by Crippen LogP contribution is -2.23. The molecule has 34 heavy (non-hydrogen) atoms. The van der Waals surface area contributed by atoms with Gasteiger partial charge in [-0.25, -0.2) is 4.98 Å². The molecule has 0 bridgehead atoms. The highest BCUT2D eigenvalue weighted by molar-refractivity contribution is 5.95. The minimum absolute atomic E-state index is 0.0861. The molecule has 0 fully saturated rings. The molecule has 0 amide bonds. The van der Waals surface area contributed by atoms with Crippen LogP contribution in [-0.2, 0) is 0 Å². The average molecular weight is 440 g/mol. The molecule has 162 valence electrons. The second-order valence-corrected chi connectivity index (χ2v) is 8.70. The van der Waals surface area contributed by atoms with Crippen LogP contribution in [0.5, 0.6) is 0 Å². The summed E-state index contributed by atoms with van der Waals surface area (Å²) < 4.78 is 0. The SMILES string of the molecule is CN(c1cccc2ncccc12)C1c2ccccc2-c2c(-c3nc4ccncc4[nH]3)cccc21. The van der Waals surface area contributed by atoms with Crippen molar-refractivity contribution in [3.8, 4) is 22.5 Å². The standard InChI is InChI=1S/C29H21N5/c1-34(26-13-5-12-23-20(26)11-6-15-31-23)28-19-8-3-2-7-18(19)27-21(28)9-4-10-22(27)29-32-24-14-16-30-17-25(24)33-29/h2-17,28H,1H3,(H,32,33). The molecule has 7 rings (SSSR count). The van der Waals surface area contributed by atoms with Gasteiger partial charge in [-0.2, -0.15) is 0 Å². The van der Waals surface area contributed by atoms with Crippen molar-refractivity contribution < 1.29 is 0 Å². The Morgan fingerprint density at radius 2 is 1.62 bits per heavy atom. The molecule has 3 aromatic carbocycles. The highest BCUT2D eigenvalue weighted by Gasteiger charge is 2.34. The molecule has 1 unspecified atom stereocenters. The van der Waals surface area contributed by atoms with E-state index in [1.807, 2.05) is 24.5 Å². The van der Waals surface area contributed by atoms with Crippen LogP contribution < -0.4 is 4.90 Å². The number of benzene rings is 3. The molecule has 0 saturated carbocycles. The maximum Gasteiger partial charge on any atom is 0.139 e. The van der Waals surface area contributed by atoms with Crippen molar-refractivity contribution in [2.24, 2.45) is 0 Å². The van der Waals surface area contributed by atoms with Gasteiger partial charge in [-0.15, -0.1) is 0 Å². The number of hydrogen-bond acceptors (Lipinski definition) is 4. The molecule has 3 heterocycles. The Labute approximate surface area is 196 Å². The number of pyridine rings is 2. The maximum atomic E-state index is 4.88. The van der Waals surface area contributed by atoms with Crippen molar-refractivity contribution >= 4 is 27.6 Å². The number of H-pyrrole nitrogens is 1. The van der Waals surface area contributed by atoms with Crippen LogP contribution in [0.25, 0.3) is 44.5 Å². The smallest absolute Gasteiger partial charge is 0.139 e. The molecule has 3 aromatic heterocycles. The van der Waals surface area contributed by atoms with Gasteiger partial charge >= 0.3 is 0 Å². The minimum Gasteiger partial charge on any atom is -0.363 e. The average Bonchev–Trinajstić information content (AvgIpc) is 3.47. The third kappa shape index (κ3) is 2.70. The van der Waals surface area contributed by atoms with E-state index in [-0.39, 0.29) is 6.04 Å². The Morgan fingerprint density at radius 3 is 2.56 bits per heavy atom. The van der Waals surface area contributed by atoms with Crippen molar-refractivity contribution in [1.29, 1.82) is 0 Å². The lowest BCUT2D eigenvalue weighted by Gasteiger charge is -2.29. The minimum atomic E-state index is 0.0861. The Balaban J connectivity index is 1.45. The van der Waals surface area contributed by atoms with E-state index in [1.54, 1.807) is 6.20 Å². The predicted molar refractivity (Wildman–Crippen MR) is 137 cm³/mol. The summed E-state index contributed by atoms with van der Waals surface area (Å²) >= 11 is 0. The molecular weight excluding hydrogens is 418 g/mol. The second-order valence-electron chi connectivity index (χ2n) is 8.70. The topological polar surface area (TPSA) is 57.7 Å². The van der Waals surface area contributed by atoms with E-state index in [0.29, 0.717) is 0 Å². The second kappa shape index (κ2) is 7.25. The van der Waals surface area contributed by atoms with Gasteiger partial charge in [0.1, 0.15) is 5.82 Å². The third-order valence-electron chi connectivity index (χ3n) is 6.84. The van der Waals surface area contributed by atoms with Gasteiger partial charge in [0.15, 0.2) is 0 Å². The number of aromatic nitrogens is 4. The van der Waals surface area contributed by atoms with E-state index in [0.717, 1.165) is 33.3 Å². The summed E-state index contributed by atoms with van der Waals surface area (Å²) in [5.41, 5.74) is 10.2. The van der Waals surface area contributed by atoms with E-state index < -0.39 is 0 Å². The lowest BCUT2D eigenvalue weighted by molar-refractivity contribution is 0.805. The zero-order valence-corrected chi connectivity index (χ0v) is 18.6. The van der Waals surface area contributed by atoms with Gasteiger partial charge in [-0.1, -0.05) is 48.5 Å². The fraction of sp³-hybridized carbons (Fsp3) is 0.0690. The highest BCUT2D eigenvalue weighted by atomic mass is 15.1. The number of rotatable bonds is 3. The summed E-state index contributed by atoms with van der Waals surface area (Å²) in [5, 5.41) is 1.15. The molecule has 1 aliphatic rings. The fourth-order valence-electron chi connectivity index (χ4n) is 5.36. The molecule has 0 saturated heterocycles. The van der Waals surface area contributed by atoms with Crippen LogP contribution in [0, 0.1) is 0 Å². The van der Waals surface area contributed by atoms with Crippen LogP contribution >= 0.6 is 0 Å². The first-order valence-corrected chi connectivity index (χ1v) is 11.4. The summed E-state index contributed by atoms with van der Waals surface area (Å²) in [6.45, 7) is 0. The number of nitrogens with one attached hydrogen (secondary N) is 1. The third-order valence-corrected chi connectivity index (χ3v) is 6.84. The van der Waals surface area contributed by atoms with Gasteiger partial charge in [-0.3, -0.25) is 9.97 Å². The first-order chi connectivity index (χ1) is 16.8. The number of imidazole rings is 1. The van der Waals surface area contributed by atoms with Crippen molar-refractivity contribution in [3.63, 3.8) is 0 Å². The van der Waals surface area contributed by atoms with E-state index in [2.05, 4.69) is 93.6 Å². The normalized spacial score (nSPS) is 14.3. The van der Waals surface area contributed by atoms with E-state index in [1.165, 1.54) is 27.9 Å². The predicted octanol–water partition coefficient (Wildman–Crippen LogP) is 6.38. The molecule has 6 aromatic rings. The van der Waals surface area contributed by atoms with E-state index in [9.17, 15) is 0 Å². The van der Waals surface area contributed by atoms with Crippen LogP contribution in [0.3, 0.4) is 0 Å². The molecule has 5 heteroatoms. The van der Waals surface area contributed by atoms with Crippen LogP contribution in [-0.4, -0.2) is 27.0 Å². The quantitative estimate of drug-likeness (QED) is 0.348. The van der Waals surface area contributed by atoms with Crippen LogP contribution in [0.2, 0.25) is 0 Å². The Morgan fingerprint density at radius 1 is 0.765 bits per heavy atom. The van der Waals surface area contributed by atoms with Gasteiger partial charge in [0.05, 0.1) is 28.8 Å². The number of aromatic amines is 1. The summed E-state index contributed by atoms with van der Waals surface area (Å²) in [4.78, 5) is 19.5. The summed E-state index contributed by atoms with van der Waals surface area (Å²) in [6, 6.07) is 27.8. The maximum absolute atomic E-state index is 4.88. The molecule has 1 N–H and O–H groups in total. The summed E-state index contributed by atoms with van der Waals surface area (Å²) in [5.74, 6) is 0.868. The molecule has 1 aliphatic carbocycles. The first kappa shape index (κ1) is 19.0. The van der Waals surface area contributed by atoms with Crippen molar-refractivity contribution in [1.82, 2.24) is 19.9 Å². The summed E-state index contributed by atoms with van der Waals surface area (Å²) in [7, 11) is 2.18. The van der Waals surface area contributed by atoms with Crippen molar-refractivity contribution in [3.05, 3.63) is 109 Å². The van der Waals surface area contributed by atoms with Gasteiger partial charge in [0.25, 0.3) is 0 Å². The van der Waals surface area contributed by atoms with Crippen LogP contribution in [0.15, 0.2) is 97.5 Å². The van der Waals surface area contributed by atoms with E-state index >= 15 is 0 Å². The molecule has 1 atom stereocenters. The zero-order chi connectivity index (χ0) is 22.6. The monoisotopic (exact) mass is 439 g/mol. The lowest BCUT2D eigenvalue weighted by atomic mass is 9.98. The van der Waals surface area contributed by atoms with Gasteiger partial charge < -0.3 is 9.88 Å². The number of nitrogens with zero attached hydrogens (tertiary/aromatic N) is 4. The molecule has 0 aliphatic heterocycles. The van der Waals surface area contributed by atoms with Crippen LogP contribution in [0.1, 0.15) is 17.2 Å². The fourth-order valence-corrected chi connectivity index (χ4v) is 5.36. The van der Waals surface area contributed by atoms with Crippen LogP contribution in [0.4, 0.5) is 5.69 Å².